The van der Waals surface area contributed by atoms with Gasteiger partial charge in [-0.15, -0.1) is 0 Å². The highest BCUT2D eigenvalue weighted by atomic mass is 16.7. The number of hydrogen-bond donors (Lipinski definition) is 2. The maximum Gasteiger partial charge on any atom is 0.231 e. The molecular weight excluding hydrogens is 294 g/mol. The van der Waals surface area contributed by atoms with Crippen molar-refractivity contribution in [1.82, 2.24) is 0 Å². The van der Waals surface area contributed by atoms with Crippen molar-refractivity contribution in [3.63, 3.8) is 0 Å². The molecule has 0 radical (unpaired) electrons. The molecule has 2 N–H and O–H groups in total. The fourth-order valence-electron chi connectivity index (χ4n) is 2.96. The van der Waals surface area contributed by atoms with E-state index >= 15 is 0 Å². The highest BCUT2D eigenvalue weighted by Gasteiger charge is 2.21. The monoisotopic (exact) mass is 311 g/mol. The van der Waals surface area contributed by atoms with Gasteiger partial charge >= 0.3 is 0 Å². The average molecular weight is 311 g/mol. The molecule has 2 aliphatic rings. The van der Waals surface area contributed by atoms with Gasteiger partial charge in [0, 0.05) is 29.4 Å². The molecule has 2 aromatic carbocycles. The van der Waals surface area contributed by atoms with Crippen molar-refractivity contribution in [2.75, 3.05) is 25.8 Å². The van der Waals surface area contributed by atoms with Gasteiger partial charge in [-0.25, -0.2) is 0 Å². The molecule has 23 heavy (non-hydrogen) atoms. The summed E-state index contributed by atoms with van der Waals surface area (Å²) in [5.41, 5.74) is 4.95. The Morgan fingerprint density at radius 2 is 2.00 bits per heavy atom. The van der Waals surface area contributed by atoms with Crippen LogP contribution in [0.1, 0.15) is 11.1 Å². The lowest BCUT2D eigenvalue weighted by Crippen LogP contribution is -2.14. The Bertz CT molecular complexity index is 798. The Hall–Kier alpha value is -2.66. The van der Waals surface area contributed by atoms with E-state index in [4.69, 9.17) is 14.2 Å². The molecule has 5 heteroatoms. The Balaban J connectivity index is 1.75. The minimum Gasteiger partial charge on any atom is -0.497 e. The quantitative estimate of drug-likeness (QED) is 0.913. The topological polar surface area (TPSA) is 60.0 Å². The first kappa shape index (κ1) is 14.0. The van der Waals surface area contributed by atoms with Crippen LogP contribution in [0.2, 0.25) is 0 Å². The number of hydrogen-bond acceptors (Lipinski definition) is 5. The van der Waals surface area contributed by atoms with Gasteiger partial charge in [0.05, 0.1) is 13.7 Å². The Labute approximate surface area is 134 Å². The van der Waals surface area contributed by atoms with Crippen LogP contribution >= 0.6 is 0 Å². The summed E-state index contributed by atoms with van der Waals surface area (Å²) in [6.07, 6.45) is 0.701. The normalized spacial score (nSPS) is 15.2. The van der Waals surface area contributed by atoms with Crippen LogP contribution in [0.4, 0.5) is 5.69 Å². The van der Waals surface area contributed by atoms with E-state index in [1.54, 1.807) is 7.11 Å². The SMILES string of the molecule is COc1ccc2c(c1)NC(c1ccc3c(c1)OCO3)=C(CO)C2. The Morgan fingerprint density at radius 3 is 2.83 bits per heavy atom. The second kappa shape index (κ2) is 5.52. The molecule has 0 bridgehead atoms. The van der Waals surface area contributed by atoms with Crippen LogP contribution in [0.25, 0.3) is 5.70 Å². The van der Waals surface area contributed by atoms with Crippen molar-refractivity contribution >= 4 is 11.4 Å². The third-order valence-corrected chi connectivity index (χ3v) is 4.19. The minimum absolute atomic E-state index is 0.00223. The van der Waals surface area contributed by atoms with Gasteiger partial charge in [0.25, 0.3) is 0 Å². The molecule has 0 saturated heterocycles. The zero-order chi connectivity index (χ0) is 15.8. The van der Waals surface area contributed by atoms with E-state index in [9.17, 15) is 5.11 Å². The smallest absolute Gasteiger partial charge is 0.231 e. The molecule has 4 rings (SSSR count). The zero-order valence-electron chi connectivity index (χ0n) is 12.8. The number of benzene rings is 2. The standard InChI is InChI=1S/C18H17NO4/c1-21-14-4-2-11-6-13(9-20)18(19-15(11)8-14)12-3-5-16-17(7-12)23-10-22-16/h2-5,7-8,19-20H,6,9-10H2,1H3. The maximum absolute atomic E-state index is 9.76. The van der Waals surface area contributed by atoms with Crippen LogP contribution in [-0.2, 0) is 6.42 Å². The lowest BCUT2D eigenvalue weighted by Gasteiger charge is -2.25. The van der Waals surface area contributed by atoms with E-state index in [1.165, 1.54) is 0 Å². The maximum atomic E-state index is 9.76. The first-order valence-corrected chi connectivity index (χ1v) is 7.45. The molecule has 0 amide bonds. The minimum atomic E-state index is 0.00223. The van der Waals surface area contributed by atoms with Crippen LogP contribution in [0.3, 0.4) is 0 Å². The van der Waals surface area contributed by atoms with Crippen LogP contribution in [0, 0.1) is 0 Å². The number of fused-ring (bicyclic) bond motifs is 2. The first-order valence-electron chi connectivity index (χ1n) is 7.45. The predicted octanol–water partition coefficient (Wildman–Crippen LogP) is 2.80. The van der Waals surface area contributed by atoms with Crippen molar-refractivity contribution < 1.29 is 19.3 Å². The molecular formula is C18H17NO4. The molecule has 0 saturated carbocycles. The highest BCUT2D eigenvalue weighted by molar-refractivity contribution is 5.84. The molecule has 118 valence electrons. The molecule has 5 nitrogen and oxygen atoms in total. The summed E-state index contributed by atoms with van der Waals surface area (Å²) in [5.74, 6) is 2.28. The number of methoxy groups -OCH3 is 1. The predicted molar refractivity (Wildman–Crippen MR) is 86.9 cm³/mol. The molecule has 0 fully saturated rings. The van der Waals surface area contributed by atoms with Crippen LogP contribution in [0.5, 0.6) is 17.2 Å². The summed E-state index contributed by atoms with van der Waals surface area (Å²) in [7, 11) is 1.65. The third-order valence-electron chi connectivity index (χ3n) is 4.19. The molecule has 2 heterocycles. The lowest BCUT2D eigenvalue weighted by molar-refractivity contribution is 0.174. The van der Waals surface area contributed by atoms with Gasteiger partial charge < -0.3 is 24.6 Å². The van der Waals surface area contributed by atoms with E-state index in [1.807, 2.05) is 36.4 Å². The average Bonchev–Trinajstić information content (AvgIpc) is 3.07. The van der Waals surface area contributed by atoms with Crippen molar-refractivity contribution in [2.24, 2.45) is 0 Å². The van der Waals surface area contributed by atoms with Gasteiger partial charge in [-0.3, -0.25) is 0 Å². The van der Waals surface area contributed by atoms with E-state index in [2.05, 4.69) is 5.32 Å². The summed E-state index contributed by atoms with van der Waals surface area (Å²) in [6, 6.07) is 11.7. The van der Waals surface area contributed by atoms with Gasteiger partial charge in [0.15, 0.2) is 11.5 Å². The summed E-state index contributed by atoms with van der Waals surface area (Å²) in [4.78, 5) is 0. The number of aliphatic hydroxyl groups excluding tert-OH is 1. The second-order valence-electron chi connectivity index (χ2n) is 5.53. The summed E-state index contributed by atoms with van der Waals surface area (Å²) >= 11 is 0. The van der Waals surface area contributed by atoms with Gasteiger partial charge in [0.1, 0.15) is 5.75 Å². The fourth-order valence-corrected chi connectivity index (χ4v) is 2.96. The number of anilines is 1. The first-order chi connectivity index (χ1) is 11.3. The van der Waals surface area contributed by atoms with E-state index in [0.717, 1.165) is 45.3 Å². The molecule has 0 atom stereocenters. The van der Waals surface area contributed by atoms with Crippen molar-refractivity contribution in [3.05, 3.63) is 53.1 Å². The molecule has 0 aliphatic carbocycles. The van der Waals surface area contributed by atoms with E-state index < -0.39 is 0 Å². The third kappa shape index (κ3) is 2.39. The molecule has 0 spiro atoms. The van der Waals surface area contributed by atoms with E-state index in [0.29, 0.717) is 6.42 Å². The zero-order valence-corrected chi connectivity index (χ0v) is 12.8. The molecule has 0 aromatic heterocycles. The van der Waals surface area contributed by atoms with Crippen molar-refractivity contribution in [2.45, 2.75) is 6.42 Å². The number of aliphatic hydroxyl groups is 1. The van der Waals surface area contributed by atoms with E-state index in [-0.39, 0.29) is 13.4 Å². The molecule has 0 unspecified atom stereocenters. The van der Waals surface area contributed by atoms with Gasteiger partial charge in [-0.2, -0.15) is 0 Å². The van der Waals surface area contributed by atoms with Crippen LogP contribution < -0.4 is 19.5 Å². The van der Waals surface area contributed by atoms with Gasteiger partial charge in [0.2, 0.25) is 6.79 Å². The number of nitrogens with one attached hydrogen (secondary N) is 1. The molecule has 2 aromatic rings. The van der Waals surface area contributed by atoms with Crippen molar-refractivity contribution in [1.29, 1.82) is 0 Å². The Morgan fingerprint density at radius 1 is 1.13 bits per heavy atom. The highest BCUT2D eigenvalue weighted by Crippen LogP contribution is 2.38. The Kier molecular flexibility index (Phi) is 3.35. The number of rotatable bonds is 3. The lowest BCUT2D eigenvalue weighted by atomic mass is 9.94. The van der Waals surface area contributed by atoms with Gasteiger partial charge in [-0.05, 0) is 35.4 Å². The van der Waals surface area contributed by atoms with Crippen molar-refractivity contribution in [3.8, 4) is 17.2 Å². The number of ether oxygens (including phenoxy) is 3. The van der Waals surface area contributed by atoms with Gasteiger partial charge in [-0.1, -0.05) is 6.07 Å². The summed E-state index contributed by atoms with van der Waals surface area (Å²) < 4.78 is 16.1. The van der Waals surface area contributed by atoms with Crippen LogP contribution in [0.15, 0.2) is 42.0 Å². The van der Waals surface area contributed by atoms with Crippen LogP contribution in [-0.4, -0.2) is 25.6 Å². The molecule has 2 aliphatic heterocycles. The summed E-state index contributed by atoms with van der Waals surface area (Å²) in [5, 5.41) is 13.2. The fraction of sp³-hybridized carbons (Fsp3) is 0.222. The second-order valence-corrected chi connectivity index (χ2v) is 5.53. The largest absolute Gasteiger partial charge is 0.497 e. The summed E-state index contributed by atoms with van der Waals surface area (Å²) in [6.45, 7) is 0.250.